The lowest BCUT2D eigenvalue weighted by molar-refractivity contribution is -0.117. The van der Waals surface area contributed by atoms with Crippen LogP contribution in [0.4, 0.5) is 10.1 Å². The number of benzene rings is 3. The van der Waals surface area contributed by atoms with Crippen LogP contribution in [0.2, 0.25) is 0 Å². The van der Waals surface area contributed by atoms with Gasteiger partial charge in [0, 0.05) is 31.9 Å². The highest BCUT2D eigenvalue weighted by Gasteiger charge is 2.25. The van der Waals surface area contributed by atoms with Gasteiger partial charge < -0.3 is 15.3 Å². The van der Waals surface area contributed by atoms with Crippen molar-refractivity contribution in [2.75, 3.05) is 38.0 Å². The largest absolute Gasteiger partial charge is 0.507 e. The van der Waals surface area contributed by atoms with E-state index in [1.807, 2.05) is 29.2 Å². The van der Waals surface area contributed by atoms with Crippen LogP contribution < -0.4 is 5.32 Å². The maximum atomic E-state index is 13.2. The first-order chi connectivity index (χ1) is 14.5. The fourth-order valence-electron chi connectivity index (χ4n) is 3.65. The minimum atomic E-state index is -0.406. The van der Waals surface area contributed by atoms with Crippen LogP contribution in [0.25, 0.3) is 10.8 Å². The van der Waals surface area contributed by atoms with E-state index in [0.717, 1.165) is 10.8 Å². The Hall–Kier alpha value is -3.45. The van der Waals surface area contributed by atoms with Gasteiger partial charge in [0.2, 0.25) is 5.91 Å². The number of hydrogen-bond acceptors (Lipinski definition) is 4. The number of amides is 2. The second kappa shape index (κ2) is 8.51. The van der Waals surface area contributed by atoms with Crippen molar-refractivity contribution < 1.29 is 19.1 Å². The maximum absolute atomic E-state index is 13.2. The first-order valence-electron chi connectivity index (χ1n) is 9.78. The molecule has 0 aromatic heterocycles. The summed E-state index contributed by atoms with van der Waals surface area (Å²) in [7, 11) is 0. The second-order valence-electron chi connectivity index (χ2n) is 7.34. The zero-order valence-electron chi connectivity index (χ0n) is 16.3. The van der Waals surface area contributed by atoms with Crippen LogP contribution in [-0.2, 0) is 4.79 Å². The number of fused-ring (bicyclic) bond motifs is 1. The Balaban J connectivity index is 1.34. The van der Waals surface area contributed by atoms with Gasteiger partial charge in [0.25, 0.3) is 5.91 Å². The molecule has 0 saturated carbocycles. The molecular formula is C23H22FN3O3. The molecule has 1 aliphatic rings. The molecular weight excluding hydrogens is 385 g/mol. The van der Waals surface area contributed by atoms with Gasteiger partial charge in [0.1, 0.15) is 11.6 Å². The molecule has 1 saturated heterocycles. The van der Waals surface area contributed by atoms with Crippen molar-refractivity contribution in [1.29, 1.82) is 0 Å². The number of rotatable bonds is 4. The summed E-state index contributed by atoms with van der Waals surface area (Å²) in [6.07, 6.45) is 0. The van der Waals surface area contributed by atoms with Crippen LogP contribution in [0.5, 0.6) is 5.75 Å². The number of phenolic OH excluding ortho intramolecular Hbond substituents is 1. The molecule has 6 nitrogen and oxygen atoms in total. The monoisotopic (exact) mass is 407 g/mol. The highest BCUT2D eigenvalue weighted by molar-refractivity contribution is 6.01. The van der Waals surface area contributed by atoms with Crippen molar-refractivity contribution in [2.45, 2.75) is 0 Å². The number of piperazine rings is 1. The van der Waals surface area contributed by atoms with Gasteiger partial charge in [-0.15, -0.1) is 0 Å². The van der Waals surface area contributed by atoms with Crippen molar-refractivity contribution in [3.63, 3.8) is 0 Å². The van der Waals surface area contributed by atoms with E-state index < -0.39 is 5.82 Å². The number of carbonyl (C=O) groups excluding carboxylic acids is 2. The third-order valence-electron chi connectivity index (χ3n) is 5.23. The van der Waals surface area contributed by atoms with Crippen LogP contribution in [0, 0.1) is 5.82 Å². The summed E-state index contributed by atoms with van der Waals surface area (Å²) in [5, 5.41) is 14.8. The van der Waals surface area contributed by atoms with E-state index in [1.165, 1.54) is 18.2 Å². The van der Waals surface area contributed by atoms with E-state index >= 15 is 0 Å². The van der Waals surface area contributed by atoms with Gasteiger partial charge in [-0.1, -0.05) is 30.3 Å². The summed E-state index contributed by atoms with van der Waals surface area (Å²) < 4.78 is 13.2. The van der Waals surface area contributed by atoms with Crippen molar-refractivity contribution in [2.24, 2.45) is 0 Å². The Labute approximate surface area is 173 Å². The molecule has 4 rings (SSSR count). The Morgan fingerprint density at radius 1 is 0.933 bits per heavy atom. The van der Waals surface area contributed by atoms with E-state index in [9.17, 15) is 19.1 Å². The van der Waals surface area contributed by atoms with E-state index in [2.05, 4.69) is 5.32 Å². The number of nitrogens with one attached hydrogen (secondary N) is 1. The van der Waals surface area contributed by atoms with Gasteiger partial charge in [-0.3, -0.25) is 14.5 Å². The van der Waals surface area contributed by atoms with Gasteiger partial charge >= 0.3 is 0 Å². The van der Waals surface area contributed by atoms with Gasteiger partial charge in [-0.25, -0.2) is 4.39 Å². The van der Waals surface area contributed by atoms with Crippen LogP contribution in [0.3, 0.4) is 0 Å². The molecule has 30 heavy (non-hydrogen) atoms. The molecule has 2 N–H and O–H groups in total. The number of nitrogens with zero attached hydrogens (tertiary/aromatic N) is 2. The molecule has 3 aromatic rings. The lowest BCUT2D eigenvalue weighted by Crippen LogP contribution is -2.50. The smallest absolute Gasteiger partial charge is 0.257 e. The van der Waals surface area contributed by atoms with Crippen molar-refractivity contribution in [3.8, 4) is 5.75 Å². The molecule has 0 bridgehead atoms. The highest BCUT2D eigenvalue weighted by atomic mass is 19.1. The zero-order valence-corrected chi connectivity index (χ0v) is 16.3. The normalized spacial score (nSPS) is 14.6. The Morgan fingerprint density at radius 2 is 1.63 bits per heavy atom. The molecule has 1 heterocycles. The summed E-state index contributed by atoms with van der Waals surface area (Å²) in [5.41, 5.74) is 0.701. The SMILES string of the molecule is O=C(CN1CCN(C(=O)c2cc3ccccc3cc2O)CC1)Nc1cccc(F)c1. The molecule has 0 atom stereocenters. The van der Waals surface area contributed by atoms with E-state index in [1.54, 1.807) is 23.1 Å². The zero-order chi connectivity index (χ0) is 21.1. The molecule has 0 unspecified atom stereocenters. The molecule has 0 spiro atoms. The minimum Gasteiger partial charge on any atom is -0.507 e. The molecule has 0 radical (unpaired) electrons. The topological polar surface area (TPSA) is 72.9 Å². The minimum absolute atomic E-state index is 0.0319. The second-order valence-corrected chi connectivity index (χ2v) is 7.34. The van der Waals surface area contributed by atoms with Crippen LogP contribution >= 0.6 is 0 Å². The summed E-state index contributed by atoms with van der Waals surface area (Å²) in [4.78, 5) is 28.7. The van der Waals surface area contributed by atoms with E-state index in [4.69, 9.17) is 0 Å². The van der Waals surface area contributed by atoms with Crippen molar-refractivity contribution in [1.82, 2.24) is 9.80 Å². The highest BCUT2D eigenvalue weighted by Crippen LogP contribution is 2.26. The lowest BCUT2D eigenvalue weighted by Gasteiger charge is -2.34. The van der Waals surface area contributed by atoms with Gasteiger partial charge in [-0.2, -0.15) is 0 Å². The first-order valence-corrected chi connectivity index (χ1v) is 9.78. The molecule has 1 fully saturated rings. The van der Waals surface area contributed by atoms with Crippen molar-refractivity contribution >= 4 is 28.3 Å². The molecule has 2 amide bonds. The Kier molecular flexibility index (Phi) is 5.63. The van der Waals surface area contributed by atoms with Gasteiger partial charge in [0.15, 0.2) is 0 Å². The maximum Gasteiger partial charge on any atom is 0.257 e. The quantitative estimate of drug-likeness (QED) is 0.697. The summed E-state index contributed by atoms with van der Waals surface area (Å²) >= 11 is 0. The molecule has 3 aromatic carbocycles. The van der Waals surface area contributed by atoms with Crippen LogP contribution in [0.1, 0.15) is 10.4 Å². The molecule has 0 aliphatic carbocycles. The summed E-state index contributed by atoms with van der Waals surface area (Å²) in [6, 6.07) is 16.6. The summed E-state index contributed by atoms with van der Waals surface area (Å²) in [5.74, 6) is -0.887. The molecule has 1 aliphatic heterocycles. The number of aromatic hydroxyl groups is 1. The predicted molar refractivity (Wildman–Crippen MR) is 113 cm³/mol. The third-order valence-corrected chi connectivity index (χ3v) is 5.23. The van der Waals surface area contributed by atoms with E-state index in [-0.39, 0.29) is 29.7 Å². The predicted octanol–water partition coefficient (Wildman–Crippen LogP) is 3.08. The lowest BCUT2D eigenvalue weighted by atomic mass is 10.0. The number of halogens is 1. The number of phenols is 1. The third kappa shape index (κ3) is 4.41. The number of anilines is 1. The van der Waals surface area contributed by atoms with E-state index in [0.29, 0.717) is 31.9 Å². The van der Waals surface area contributed by atoms with Crippen LogP contribution in [-0.4, -0.2) is 59.4 Å². The first kappa shape index (κ1) is 19.8. The Bertz CT molecular complexity index is 1090. The number of hydrogen-bond donors (Lipinski definition) is 2. The average Bonchev–Trinajstić information content (AvgIpc) is 2.73. The van der Waals surface area contributed by atoms with Gasteiger partial charge in [0.05, 0.1) is 12.1 Å². The molecule has 7 heteroatoms. The number of carbonyl (C=O) groups is 2. The fraction of sp³-hybridized carbons (Fsp3) is 0.217. The summed E-state index contributed by atoms with van der Waals surface area (Å²) in [6.45, 7) is 2.16. The van der Waals surface area contributed by atoms with Gasteiger partial charge in [-0.05, 0) is 41.1 Å². The average molecular weight is 407 g/mol. The molecule has 154 valence electrons. The van der Waals surface area contributed by atoms with Crippen LogP contribution in [0.15, 0.2) is 60.7 Å². The standard InChI is InChI=1S/C23H22FN3O3/c24-18-6-3-7-19(14-18)25-22(29)15-26-8-10-27(11-9-26)23(30)20-12-16-4-1-2-5-17(16)13-21(20)28/h1-7,12-14,28H,8-11,15H2,(H,25,29). The van der Waals surface area contributed by atoms with Crippen molar-refractivity contribution in [3.05, 3.63) is 72.0 Å². The fourth-order valence-corrected chi connectivity index (χ4v) is 3.65. The Morgan fingerprint density at radius 3 is 2.33 bits per heavy atom.